The molecule has 1 rings (SSSR count). The van der Waals surface area contributed by atoms with Crippen LogP contribution in [0, 0.1) is 0 Å². The van der Waals surface area contributed by atoms with Gasteiger partial charge in [-0.2, -0.15) is 0 Å². The normalized spacial score (nSPS) is 12.5. The Morgan fingerprint density at radius 2 is 2.06 bits per heavy atom. The van der Waals surface area contributed by atoms with Gasteiger partial charge in [0.1, 0.15) is 5.75 Å². The third-order valence-corrected chi connectivity index (χ3v) is 2.89. The first kappa shape index (κ1) is 13.0. The number of methoxy groups -OCH3 is 1. The molecular formula is C14H23NO. The molecule has 0 radical (unpaired) electrons. The minimum Gasteiger partial charge on any atom is -0.496 e. The van der Waals surface area contributed by atoms with Crippen molar-refractivity contribution >= 4 is 0 Å². The number of aryl methyl sites for hydroxylation is 1. The van der Waals surface area contributed by atoms with Crippen LogP contribution in [0.15, 0.2) is 18.2 Å². The molecule has 2 heteroatoms. The second-order valence-electron chi connectivity index (χ2n) is 4.27. The molecule has 0 aliphatic heterocycles. The first-order valence-corrected chi connectivity index (χ1v) is 6.12. The van der Waals surface area contributed by atoms with Crippen LogP contribution in [0.2, 0.25) is 0 Å². The minimum atomic E-state index is 0.228. The largest absolute Gasteiger partial charge is 0.496 e. The van der Waals surface area contributed by atoms with Crippen molar-refractivity contribution in [3.63, 3.8) is 0 Å². The van der Waals surface area contributed by atoms with Crippen molar-refractivity contribution in [3.05, 3.63) is 29.3 Å². The zero-order valence-electron chi connectivity index (χ0n) is 10.6. The molecule has 0 amide bonds. The van der Waals surface area contributed by atoms with Crippen molar-refractivity contribution in [2.45, 2.75) is 45.6 Å². The summed E-state index contributed by atoms with van der Waals surface area (Å²) in [6.45, 7) is 4.31. The van der Waals surface area contributed by atoms with Crippen molar-refractivity contribution in [1.82, 2.24) is 0 Å². The number of benzene rings is 1. The molecule has 1 aromatic rings. The highest BCUT2D eigenvalue weighted by molar-refractivity contribution is 5.38. The van der Waals surface area contributed by atoms with E-state index in [0.29, 0.717) is 0 Å². The van der Waals surface area contributed by atoms with Crippen LogP contribution in [0.1, 0.15) is 37.8 Å². The third-order valence-electron chi connectivity index (χ3n) is 2.89. The number of nitrogens with two attached hydrogens (primary N) is 1. The molecule has 1 atom stereocenters. The maximum atomic E-state index is 6.00. The van der Waals surface area contributed by atoms with E-state index in [2.05, 4.69) is 32.0 Å². The molecule has 1 aromatic carbocycles. The monoisotopic (exact) mass is 221 g/mol. The van der Waals surface area contributed by atoms with E-state index in [4.69, 9.17) is 10.5 Å². The van der Waals surface area contributed by atoms with Gasteiger partial charge in [0.25, 0.3) is 0 Å². The fourth-order valence-electron chi connectivity index (χ4n) is 1.86. The summed E-state index contributed by atoms with van der Waals surface area (Å²) in [5, 5.41) is 0. The molecular weight excluding hydrogens is 198 g/mol. The van der Waals surface area contributed by atoms with Gasteiger partial charge >= 0.3 is 0 Å². The van der Waals surface area contributed by atoms with E-state index in [1.807, 2.05) is 0 Å². The number of ether oxygens (including phenoxy) is 1. The minimum absolute atomic E-state index is 0.228. The van der Waals surface area contributed by atoms with Crippen LogP contribution >= 0.6 is 0 Å². The second kappa shape index (κ2) is 6.54. The fraction of sp³-hybridized carbons (Fsp3) is 0.571. The van der Waals surface area contributed by atoms with E-state index in [1.165, 1.54) is 17.5 Å². The summed E-state index contributed by atoms with van der Waals surface area (Å²) < 4.78 is 5.37. The predicted octanol–water partition coefficient (Wildman–Crippen LogP) is 2.93. The molecule has 16 heavy (non-hydrogen) atoms. The van der Waals surface area contributed by atoms with Crippen LogP contribution in [0.25, 0.3) is 0 Å². The molecule has 0 aromatic heterocycles. The van der Waals surface area contributed by atoms with E-state index >= 15 is 0 Å². The van der Waals surface area contributed by atoms with Crippen molar-refractivity contribution in [1.29, 1.82) is 0 Å². The Morgan fingerprint density at radius 1 is 1.31 bits per heavy atom. The molecule has 0 aliphatic rings. The first-order chi connectivity index (χ1) is 7.71. The van der Waals surface area contributed by atoms with Crippen LogP contribution < -0.4 is 10.5 Å². The van der Waals surface area contributed by atoms with E-state index in [0.717, 1.165) is 25.0 Å². The van der Waals surface area contributed by atoms with Gasteiger partial charge in [0.15, 0.2) is 0 Å². The van der Waals surface area contributed by atoms with Crippen LogP contribution in [0.5, 0.6) is 5.75 Å². The molecule has 0 bridgehead atoms. The van der Waals surface area contributed by atoms with Crippen molar-refractivity contribution in [3.8, 4) is 5.75 Å². The van der Waals surface area contributed by atoms with Crippen LogP contribution in [0.3, 0.4) is 0 Å². The molecule has 2 nitrogen and oxygen atoms in total. The number of hydrogen-bond donors (Lipinski definition) is 1. The molecule has 2 N–H and O–H groups in total. The highest BCUT2D eigenvalue weighted by Gasteiger charge is 2.08. The molecule has 0 fully saturated rings. The van der Waals surface area contributed by atoms with Crippen LogP contribution in [-0.4, -0.2) is 13.2 Å². The molecule has 1 unspecified atom stereocenters. The molecule has 0 saturated carbocycles. The van der Waals surface area contributed by atoms with Crippen molar-refractivity contribution in [2.24, 2.45) is 5.73 Å². The number of hydrogen-bond acceptors (Lipinski definition) is 2. The summed E-state index contributed by atoms with van der Waals surface area (Å²) in [5.41, 5.74) is 8.61. The summed E-state index contributed by atoms with van der Waals surface area (Å²) in [6.07, 6.45) is 4.20. The Bertz CT molecular complexity index is 323. The maximum Gasteiger partial charge on any atom is 0.122 e. The van der Waals surface area contributed by atoms with Crippen LogP contribution in [-0.2, 0) is 12.8 Å². The molecule has 0 heterocycles. The Hall–Kier alpha value is -1.02. The smallest absolute Gasteiger partial charge is 0.122 e. The van der Waals surface area contributed by atoms with Crippen molar-refractivity contribution < 1.29 is 4.74 Å². The van der Waals surface area contributed by atoms with E-state index < -0.39 is 0 Å². The average molecular weight is 221 g/mol. The van der Waals surface area contributed by atoms with E-state index in [-0.39, 0.29) is 6.04 Å². The molecule has 90 valence electrons. The van der Waals surface area contributed by atoms with Gasteiger partial charge in [-0.05, 0) is 36.5 Å². The first-order valence-electron chi connectivity index (χ1n) is 6.12. The van der Waals surface area contributed by atoms with Gasteiger partial charge < -0.3 is 10.5 Å². The fourth-order valence-corrected chi connectivity index (χ4v) is 1.86. The van der Waals surface area contributed by atoms with E-state index in [1.54, 1.807) is 7.11 Å². The van der Waals surface area contributed by atoms with Gasteiger partial charge in [-0.3, -0.25) is 0 Å². The lowest BCUT2D eigenvalue weighted by Gasteiger charge is -2.14. The zero-order chi connectivity index (χ0) is 12.0. The summed E-state index contributed by atoms with van der Waals surface area (Å²) in [5.74, 6) is 0.962. The topological polar surface area (TPSA) is 35.2 Å². The zero-order valence-corrected chi connectivity index (χ0v) is 10.6. The van der Waals surface area contributed by atoms with E-state index in [9.17, 15) is 0 Å². The summed E-state index contributed by atoms with van der Waals surface area (Å²) in [6, 6.07) is 6.66. The molecule has 0 spiro atoms. The summed E-state index contributed by atoms with van der Waals surface area (Å²) in [4.78, 5) is 0. The van der Waals surface area contributed by atoms with Gasteiger partial charge in [-0.15, -0.1) is 0 Å². The third kappa shape index (κ3) is 3.53. The lowest BCUT2D eigenvalue weighted by molar-refractivity contribution is 0.407. The Balaban J connectivity index is 2.88. The van der Waals surface area contributed by atoms with Gasteiger partial charge in [-0.1, -0.05) is 32.4 Å². The Labute approximate surface area is 98.8 Å². The summed E-state index contributed by atoms with van der Waals surface area (Å²) >= 11 is 0. The Morgan fingerprint density at radius 3 is 2.62 bits per heavy atom. The maximum absolute atomic E-state index is 6.00. The SMILES string of the molecule is CCCc1ccc(OC)c(CC(N)CC)c1. The van der Waals surface area contributed by atoms with Gasteiger partial charge in [0, 0.05) is 6.04 Å². The highest BCUT2D eigenvalue weighted by atomic mass is 16.5. The lowest BCUT2D eigenvalue weighted by Crippen LogP contribution is -2.21. The quantitative estimate of drug-likeness (QED) is 0.801. The lowest BCUT2D eigenvalue weighted by atomic mass is 9.99. The predicted molar refractivity (Wildman–Crippen MR) is 69.0 cm³/mol. The standard InChI is InChI=1S/C14H23NO/c1-4-6-11-7-8-14(16-3)12(9-11)10-13(15)5-2/h7-9,13H,4-6,10,15H2,1-3H3. The Kier molecular flexibility index (Phi) is 5.33. The van der Waals surface area contributed by atoms with Crippen LogP contribution in [0.4, 0.5) is 0 Å². The highest BCUT2D eigenvalue weighted by Crippen LogP contribution is 2.22. The van der Waals surface area contributed by atoms with Crippen molar-refractivity contribution in [2.75, 3.05) is 7.11 Å². The van der Waals surface area contributed by atoms with Gasteiger partial charge in [0.05, 0.1) is 7.11 Å². The number of rotatable bonds is 6. The summed E-state index contributed by atoms with van der Waals surface area (Å²) in [7, 11) is 1.72. The van der Waals surface area contributed by atoms with Gasteiger partial charge in [0.2, 0.25) is 0 Å². The average Bonchev–Trinajstić information content (AvgIpc) is 2.30. The second-order valence-corrected chi connectivity index (χ2v) is 4.27. The molecule has 0 saturated heterocycles. The van der Waals surface area contributed by atoms with Gasteiger partial charge in [-0.25, -0.2) is 0 Å². The molecule has 0 aliphatic carbocycles.